The Bertz CT molecular complexity index is 983. The van der Waals surface area contributed by atoms with Gasteiger partial charge in [-0.3, -0.25) is 9.59 Å². The van der Waals surface area contributed by atoms with Gasteiger partial charge in [-0.05, 0) is 50.3 Å². The summed E-state index contributed by atoms with van der Waals surface area (Å²) in [4.78, 5) is 30.5. The summed E-state index contributed by atoms with van der Waals surface area (Å²) in [5.41, 5.74) is 0.648. The zero-order valence-corrected chi connectivity index (χ0v) is 23.1. The van der Waals surface area contributed by atoms with Crippen LogP contribution in [0.1, 0.15) is 71.5 Å². The van der Waals surface area contributed by atoms with Crippen LogP contribution in [0.4, 0.5) is 0 Å². The van der Waals surface area contributed by atoms with E-state index in [0.29, 0.717) is 5.57 Å². The third kappa shape index (κ3) is 7.55. The van der Waals surface area contributed by atoms with Crippen LogP contribution in [0.5, 0.6) is 0 Å². The van der Waals surface area contributed by atoms with Crippen molar-refractivity contribution in [2.24, 2.45) is 17.3 Å². The second-order valence-corrected chi connectivity index (χ2v) is 11.7. The number of thiazole rings is 1. The molecule has 36 heavy (non-hydrogen) atoms. The molecule has 0 saturated carbocycles. The van der Waals surface area contributed by atoms with Crippen LogP contribution in [0.3, 0.4) is 0 Å². The Morgan fingerprint density at radius 1 is 1.17 bits per heavy atom. The quantitative estimate of drug-likeness (QED) is 0.343. The fraction of sp³-hybridized carbons (Fsp3) is 0.667. The van der Waals surface area contributed by atoms with E-state index in [1.54, 1.807) is 40.7 Å². The molecule has 0 spiro atoms. The fourth-order valence-corrected chi connectivity index (χ4v) is 5.05. The first-order valence-electron chi connectivity index (χ1n) is 12.4. The Balaban J connectivity index is 2.43. The molecule has 0 radical (unpaired) electrons. The van der Waals surface area contributed by atoms with Gasteiger partial charge in [0.15, 0.2) is 0 Å². The van der Waals surface area contributed by atoms with Gasteiger partial charge in [-0.15, -0.1) is 11.3 Å². The number of aliphatic hydroxyl groups excluding tert-OH is 4. The van der Waals surface area contributed by atoms with Gasteiger partial charge in [0.25, 0.3) is 0 Å². The number of rotatable bonds is 2. The number of ketones is 1. The maximum absolute atomic E-state index is 13.2. The molecule has 0 bridgehead atoms. The van der Waals surface area contributed by atoms with Crippen LogP contribution in [0.15, 0.2) is 22.6 Å². The van der Waals surface area contributed by atoms with Crippen molar-refractivity contribution in [3.63, 3.8) is 0 Å². The molecule has 0 saturated heterocycles. The van der Waals surface area contributed by atoms with Crippen molar-refractivity contribution < 1.29 is 34.8 Å². The summed E-state index contributed by atoms with van der Waals surface area (Å²) in [6.07, 6.45) is -1.98. The van der Waals surface area contributed by atoms with Gasteiger partial charge < -0.3 is 25.2 Å². The van der Waals surface area contributed by atoms with E-state index in [1.807, 2.05) is 25.3 Å². The molecule has 0 aromatic carbocycles. The van der Waals surface area contributed by atoms with Crippen molar-refractivity contribution in [3.05, 3.63) is 33.3 Å². The summed E-state index contributed by atoms with van der Waals surface area (Å²) in [7, 11) is 0. The number of aryl methyl sites for hydroxylation is 1. The van der Waals surface area contributed by atoms with Crippen LogP contribution >= 0.6 is 11.3 Å². The number of hydrogen-bond acceptors (Lipinski definition) is 9. The number of carbonyl (C=O) groups excluding carboxylic acids is 2. The highest BCUT2D eigenvalue weighted by Gasteiger charge is 2.42. The molecule has 2 rings (SSSR count). The Morgan fingerprint density at radius 3 is 2.39 bits per heavy atom. The molecule has 9 heteroatoms. The maximum atomic E-state index is 13.2. The first-order valence-corrected chi connectivity index (χ1v) is 13.3. The number of hydrogen-bond donors (Lipinski definition) is 4. The molecule has 1 unspecified atom stereocenters. The van der Waals surface area contributed by atoms with Gasteiger partial charge in [0.2, 0.25) is 0 Å². The zero-order valence-electron chi connectivity index (χ0n) is 22.3. The maximum Gasteiger partial charge on any atom is 0.309 e. The Labute approximate surface area is 217 Å². The number of carbonyl (C=O) groups is 2. The minimum atomic E-state index is -1.32. The van der Waals surface area contributed by atoms with Gasteiger partial charge in [0.1, 0.15) is 18.0 Å². The topological polar surface area (TPSA) is 137 Å². The Hall–Kier alpha value is -1.91. The van der Waals surface area contributed by atoms with E-state index in [0.717, 1.165) is 16.3 Å². The van der Waals surface area contributed by atoms with E-state index in [1.165, 1.54) is 11.3 Å². The molecule has 2 heterocycles. The number of ether oxygens (including phenoxy) is 1. The van der Waals surface area contributed by atoms with Crippen molar-refractivity contribution in [3.8, 4) is 0 Å². The molecule has 7 atom stereocenters. The molecule has 1 aromatic heterocycles. The number of Topliss-reactive ketones (excluding diaryl/α,β-unsaturated/α-hetero) is 1. The van der Waals surface area contributed by atoms with Gasteiger partial charge in [-0.25, -0.2) is 4.98 Å². The average molecular weight is 524 g/mol. The van der Waals surface area contributed by atoms with Crippen molar-refractivity contribution in [1.29, 1.82) is 0 Å². The lowest BCUT2D eigenvalue weighted by molar-refractivity contribution is -0.154. The lowest BCUT2D eigenvalue weighted by Gasteiger charge is -2.35. The molecule has 1 aliphatic rings. The summed E-state index contributed by atoms with van der Waals surface area (Å²) in [5, 5.41) is 45.7. The van der Waals surface area contributed by atoms with E-state index in [-0.39, 0.29) is 19.3 Å². The van der Waals surface area contributed by atoms with Gasteiger partial charge in [-0.1, -0.05) is 33.8 Å². The van der Waals surface area contributed by atoms with Crippen LogP contribution in [0, 0.1) is 24.2 Å². The molecule has 1 aliphatic heterocycles. The normalized spacial score (nSPS) is 35.1. The third-order valence-electron chi connectivity index (χ3n) is 7.23. The highest BCUT2D eigenvalue weighted by molar-refractivity contribution is 7.09. The summed E-state index contributed by atoms with van der Waals surface area (Å²) in [6, 6.07) is 0. The summed E-state index contributed by atoms with van der Waals surface area (Å²) in [5.74, 6) is -2.41. The molecule has 8 nitrogen and oxygen atoms in total. The van der Waals surface area contributed by atoms with E-state index in [4.69, 9.17) is 4.74 Å². The first-order chi connectivity index (χ1) is 16.6. The van der Waals surface area contributed by atoms with Crippen LogP contribution in [0.2, 0.25) is 0 Å². The average Bonchev–Trinajstić information content (AvgIpc) is 3.22. The third-order valence-corrected chi connectivity index (χ3v) is 8.02. The largest absolute Gasteiger partial charge is 0.457 e. The predicted molar refractivity (Wildman–Crippen MR) is 139 cm³/mol. The molecular weight excluding hydrogens is 482 g/mol. The highest BCUT2D eigenvalue weighted by atomic mass is 32.1. The van der Waals surface area contributed by atoms with Crippen molar-refractivity contribution in [2.75, 3.05) is 0 Å². The predicted octanol–water partition coefficient (Wildman–Crippen LogP) is 3.21. The van der Waals surface area contributed by atoms with Gasteiger partial charge in [0.05, 0.1) is 40.8 Å². The second kappa shape index (κ2) is 12.6. The summed E-state index contributed by atoms with van der Waals surface area (Å²) >= 11 is 1.50. The van der Waals surface area contributed by atoms with E-state index in [9.17, 15) is 30.0 Å². The molecule has 0 aliphatic carbocycles. The number of nitrogens with zero attached hydrogens (tertiary/aromatic N) is 1. The van der Waals surface area contributed by atoms with Gasteiger partial charge >= 0.3 is 5.97 Å². The van der Waals surface area contributed by atoms with Gasteiger partial charge in [0, 0.05) is 17.7 Å². The monoisotopic (exact) mass is 523 g/mol. The van der Waals surface area contributed by atoms with Crippen LogP contribution in [0.25, 0.3) is 6.08 Å². The minimum Gasteiger partial charge on any atom is -0.457 e. The second-order valence-electron chi connectivity index (χ2n) is 10.7. The lowest BCUT2D eigenvalue weighted by Crippen LogP contribution is -2.46. The van der Waals surface area contributed by atoms with Crippen molar-refractivity contribution in [2.45, 2.75) is 98.2 Å². The molecule has 0 amide bonds. The number of aliphatic hydroxyl groups is 4. The number of esters is 1. The zero-order chi connectivity index (χ0) is 27.4. The Kier molecular flexibility index (Phi) is 10.6. The van der Waals surface area contributed by atoms with Crippen LogP contribution in [-0.2, 0) is 14.3 Å². The van der Waals surface area contributed by atoms with E-state index in [2.05, 4.69) is 4.98 Å². The minimum absolute atomic E-state index is 0.0780. The van der Waals surface area contributed by atoms with Crippen LogP contribution < -0.4 is 0 Å². The first kappa shape index (κ1) is 30.3. The fourth-order valence-electron chi connectivity index (χ4n) is 4.48. The lowest BCUT2D eigenvalue weighted by atomic mass is 9.72. The van der Waals surface area contributed by atoms with Crippen molar-refractivity contribution in [1.82, 2.24) is 4.98 Å². The standard InChI is InChI=1S/C27H41NO7S/c1-14-8-9-21(15(2)10-19-13-36-18(5)28-19)35-23(31)12-22(30)27(6,7)26(34)17(4)24(32)16(3)11-20(29)25(14)33/h8,10,13,16-17,20-22,24-25,29-30,32-33H,9,11-12H2,1-7H3/b14-8-,15-10+/t16-,17+,20+,21-,22-,24?,25+/m0/s1. The van der Waals surface area contributed by atoms with Gasteiger partial charge in [-0.2, -0.15) is 0 Å². The summed E-state index contributed by atoms with van der Waals surface area (Å²) < 4.78 is 5.73. The van der Waals surface area contributed by atoms with E-state index < -0.39 is 59.5 Å². The molecule has 4 N–H and O–H groups in total. The highest BCUT2D eigenvalue weighted by Crippen LogP contribution is 2.32. The molecule has 0 fully saturated rings. The smallest absolute Gasteiger partial charge is 0.309 e. The van der Waals surface area contributed by atoms with Crippen molar-refractivity contribution >= 4 is 29.2 Å². The molecule has 1 aromatic rings. The Morgan fingerprint density at radius 2 is 1.81 bits per heavy atom. The molecular formula is C27H41NO7S. The summed E-state index contributed by atoms with van der Waals surface area (Å²) in [6.45, 7) is 11.7. The van der Waals surface area contributed by atoms with Crippen LogP contribution in [-0.4, -0.2) is 67.7 Å². The number of cyclic esters (lactones) is 1. The SMILES string of the molecule is C/C1=C/C[C@@H](/C(C)=C/c2csc(C)n2)OC(=O)C[C@H](O)C(C)(C)C(=O)[C@H](C)C(O)[C@@H](C)C[C@@H](O)[C@@H]1O. The molecule has 202 valence electrons. The number of aromatic nitrogens is 1. The van der Waals surface area contributed by atoms with E-state index >= 15 is 0 Å².